The summed E-state index contributed by atoms with van der Waals surface area (Å²) in [4.78, 5) is 12.7. The molecule has 1 fully saturated rings. The summed E-state index contributed by atoms with van der Waals surface area (Å²) < 4.78 is 5.18. The van der Waals surface area contributed by atoms with Gasteiger partial charge >= 0.3 is 5.97 Å². The van der Waals surface area contributed by atoms with Crippen LogP contribution in [0.3, 0.4) is 0 Å². The average Bonchev–Trinajstić information content (AvgIpc) is 3.28. The summed E-state index contributed by atoms with van der Waals surface area (Å²) in [5.74, 6) is -1.26. The number of hydrogen-bond acceptors (Lipinski definition) is 4. The Bertz CT molecular complexity index is 883. The quantitative estimate of drug-likeness (QED) is 0.782. The van der Waals surface area contributed by atoms with Gasteiger partial charge in [-0.05, 0) is 30.2 Å². The zero-order chi connectivity index (χ0) is 18.1. The minimum absolute atomic E-state index is 0.145. The summed E-state index contributed by atoms with van der Waals surface area (Å²) in [6.45, 7) is 1.82. The normalized spacial score (nSPS) is 27.0. The van der Waals surface area contributed by atoms with Gasteiger partial charge in [0.25, 0.3) is 0 Å². The minimum Gasteiger partial charge on any atom is -0.465 e. The van der Waals surface area contributed by atoms with E-state index < -0.39 is 22.7 Å². The summed E-state index contributed by atoms with van der Waals surface area (Å²) in [7, 11) is 0. The number of ether oxygens (including phenoxy) is 1. The number of esters is 1. The lowest BCUT2D eigenvalue weighted by Gasteiger charge is -2.13. The molecule has 0 aliphatic heterocycles. The summed E-state index contributed by atoms with van der Waals surface area (Å²) in [6, 6.07) is 20.2. The smallest absolute Gasteiger partial charge is 0.329 e. The number of hydrogen-bond donors (Lipinski definition) is 0. The van der Waals surface area contributed by atoms with Crippen LogP contribution in [0.25, 0.3) is 0 Å². The van der Waals surface area contributed by atoms with Crippen LogP contribution in [0.5, 0.6) is 0 Å². The third kappa shape index (κ3) is 2.22. The molecule has 0 bridgehead atoms. The molecule has 0 heterocycles. The van der Waals surface area contributed by atoms with E-state index in [0.29, 0.717) is 10.6 Å². The molecule has 3 rings (SSSR count). The van der Waals surface area contributed by atoms with Gasteiger partial charge in [-0.2, -0.15) is 10.5 Å². The van der Waals surface area contributed by atoms with Crippen LogP contribution in [0.1, 0.15) is 24.0 Å². The van der Waals surface area contributed by atoms with Gasteiger partial charge in [-0.1, -0.05) is 54.1 Å². The van der Waals surface area contributed by atoms with Crippen molar-refractivity contribution in [2.75, 3.05) is 6.61 Å². The second-order valence-electron chi connectivity index (χ2n) is 5.91. The van der Waals surface area contributed by atoms with Crippen molar-refractivity contribution in [1.29, 1.82) is 10.5 Å². The fourth-order valence-electron chi connectivity index (χ4n) is 3.67. The van der Waals surface area contributed by atoms with E-state index in [0.717, 1.165) is 5.56 Å². The summed E-state index contributed by atoms with van der Waals surface area (Å²) in [5, 5.41) is 20.5. The second kappa shape index (κ2) is 6.24. The first kappa shape index (κ1) is 17.0. The van der Waals surface area contributed by atoms with E-state index in [1.165, 1.54) is 0 Å². The summed E-state index contributed by atoms with van der Waals surface area (Å²) in [6.07, 6.45) is 0. The number of benzene rings is 2. The molecule has 0 aromatic heterocycles. The van der Waals surface area contributed by atoms with Crippen LogP contribution >= 0.6 is 11.6 Å². The molecule has 1 aliphatic rings. The zero-order valence-electron chi connectivity index (χ0n) is 13.6. The van der Waals surface area contributed by atoms with E-state index in [2.05, 4.69) is 12.1 Å². The molecule has 25 heavy (non-hydrogen) atoms. The number of carbonyl (C=O) groups excluding carboxylic acids is 1. The predicted molar refractivity (Wildman–Crippen MR) is 92.6 cm³/mol. The van der Waals surface area contributed by atoms with Crippen LogP contribution in [-0.4, -0.2) is 12.6 Å². The molecule has 0 unspecified atom stereocenters. The molecule has 0 amide bonds. The fourth-order valence-corrected chi connectivity index (χ4v) is 3.79. The Labute approximate surface area is 151 Å². The van der Waals surface area contributed by atoms with Gasteiger partial charge in [-0.15, -0.1) is 0 Å². The first-order chi connectivity index (χ1) is 12.1. The molecule has 3 atom stereocenters. The number of halogens is 1. The van der Waals surface area contributed by atoms with Gasteiger partial charge in [-0.25, -0.2) is 0 Å². The van der Waals surface area contributed by atoms with Crippen molar-refractivity contribution in [3.8, 4) is 12.1 Å². The molecule has 4 nitrogen and oxygen atoms in total. The van der Waals surface area contributed by atoms with Crippen LogP contribution in [0.2, 0.25) is 5.02 Å². The van der Waals surface area contributed by atoms with Gasteiger partial charge < -0.3 is 4.74 Å². The van der Waals surface area contributed by atoms with E-state index in [1.54, 1.807) is 31.2 Å². The Morgan fingerprint density at radius 3 is 2.28 bits per heavy atom. The largest absolute Gasteiger partial charge is 0.465 e. The maximum Gasteiger partial charge on any atom is 0.329 e. The van der Waals surface area contributed by atoms with Crippen molar-refractivity contribution < 1.29 is 9.53 Å². The van der Waals surface area contributed by atoms with Gasteiger partial charge in [0.05, 0.1) is 18.7 Å². The first-order valence-corrected chi connectivity index (χ1v) is 8.27. The minimum atomic E-state index is -1.58. The molecule has 2 aromatic rings. The third-order valence-electron chi connectivity index (χ3n) is 4.79. The molecule has 124 valence electrons. The molecular weight excluding hydrogens is 336 g/mol. The molecular formula is C20H15ClN2O2. The lowest BCUT2D eigenvalue weighted by molar-refractivity contribution is -0.148. The lowest BCUT2D eigenvalue weighted by Crippen LogP contribution is -2.26. The second-order valence-corrected chi connectivity index (χ2v) is 6.35. The molecule has 1 saturated carbocycles. The number of nitrogens with zero attached hydrogens (tertiary/aromatic N) is 2. The van der Waals surface area contributed by atoms with Crippen LogP contribution in [-0.2, 0) is 14.9 Å². The topological polar surface area (TPSA) is 73.9 Å². The van der Waals surface area contributed by atoms with Crippen molar-refractivity contribution in [2.45, 2.75) is 18.3 Å². The molecule has 0 saturated heterocycles. The highest BCUT2D eigenvalue weighted by Gasteiger charge is 2.84. The Balaban J connectivity index is 2.23. The highest BCUT2D eigenvalue weighted by atomic mass is 35.5. The van der Waals surface area contributed by atoms with E-state index in [1.807, 2.05) is 30.3 Å². The van der Waals surface area contributed by atoms with E-state index in [-0.39, 0.29) is 6.61 Å². The monoisotopic (exact) mass is 350 g/mol. The number of carbonyl (C=O) groups is 1. The standard InChI is InChI=1S/C20H15ClN2O2/c1-2-25-18(24)20(13-23)17(14-6-4-3-5-7-14)19(20,12-22)15-8-10-16(21)11-9-15/h3-11,17H,2H2,1H3/t17-,19-,20-/m1/s1. The van der Waals surface area contributed by atoms with Gasteiger partial charge in [0.1, 0.15) is 5.41 Å². The molecule has 1 aliphatic carbocycles. The summed E-state index contributed by atoms with van der Waals surface area (Å²) >= 11 is 5.96. The Kier molecular flexibility index (Phi) is 4.25. The molecule has 0 radical (unpaired) electrons. The van der Waals surface area contributed by atoms with Crippen LogP contribution < -0.4 is 0 Å². The van der Waals surface area contributed by atoms with E-state index in [4.69, 9.17) is 16.3 Å². The maximum absolute atomic E-state index is 12.7. The fraction of sp³-hybridized carbons (Fsp3) is 0.250. The Morgan fingerprint density at radius 2 is 1.76 bits per heavy atom. The third-order valence-corrected chi connectivity index (χ3v) is 5.04. The molecule has 0 N–H and O–H groups in total. The van der Waals surface area contributed by atoms with Gasteiger partial charge in [-0.3, -0.25) is 4.79 Å². The molecule has 2 aromatic carbocycles. The highest BCUT2D eigenvalue weighted by molar-refractivity contribution is 6.30. The molecule has 5 heteroatoms. The van der Waals surface area contributed by atoms with Crippen molar-refractivity contribution in [3.63, 3.8) is 0 Å². The summed E-state index contributed by atoms with van der Waals surface area (Å²) in [5.41, 5.74) is -1.54. The van der Waals surface area contributed by atoms with Crippen molar-refractivity contribution in [2.24, 2.45) is 5.41 Å². The van der Waals surface area contributed by atoms with Crippen molar-refractivity contribution in [1.82, 2.24) is 0 Å². The number of rotatable bonds is 4. The highest BCUT2D eigenvalue weighted by Crippen LogP contribution is 2.74. The van der Waals surface area contributed by atoms with Crippen LogP contribution in [0.15, 0.2) is 54.6 Å². The first-order valence-electron chi connectivity index (χ1n) is 7.89. The van der Waals surface area contributed by atoms with Gasteiger partial charge in [0.2, 0.25) is 0 Å². The van der Waals surface area contributed by atoms with E-state index >= 15 is 0 Å². The van der Waals surface area contributed by atoms with Crippen LogP contribution in [0, 0.1) is 28.1 Å². The average molecular weight is 351 g/mol. The van der Waals surface area contributed by atoms with Gasteiger partial charge in [0.15, 0.2) is 5.41 Å². The number of nitriles is 2. The van der Waals surface area contributed by atoms with E-state index in [9.17, 15) is 15.3 Å². The molecule has 0 spiro atoms. The Hall–Kier alpha value is -2.82. The zero-order valence-corrected chi connectivity index (χ0v) is 14.3. The lowest BCUT2D eigenvalue weighted by atomic mass is 9.87. The SMILES string of the molecule is CCOC(=O)[C@@]1(C#N)[C@H](c2ccccc2)[C@@]1(C#N)c1ccc(Cl)cc1. The van der Waals surface area contributed by atoms with Crippen LogP contribution in [0.4, 0.5) is 0 Å². The van der Waals surface area contributed by atoms with Crippen molar-refractivity contribution in [3.05, 3.63) is 70.7 Å². The predicted octanol–water partition coefficient (Wildman–Crippen LogP) is 3.97. The van der Waals surface area contributed by atoms with Crippen molar-refractivity contribution >= 4 is 17.6 Å². The Morgan fingerprint density at radius 1 is 1.12 bits per heavy atom. The maximum atomic E-state index is 12.7. The van der Waals surface area contributed by atoms with Gasteiger partial charge in [0, 0.05) is 10.9 Å².